The zero-order valence-electron chi connectivity index (χ0n) is 30.0. The van der Waals surface area contributed by atoms with Gasteiger partial charge in [0.05, 0.1) is 96.6 Å². The summed E-state index contributed by atoms with van der Waals surface area (Å²) in [6.45, 7) is 1.28. The Morgan fingerprint density at radius 2 is 1.27 bits per heavy atom. The van der Waals surface area contributed by atoms with Crippen molar-refractivity contribution < 1.29 is 157 Å². The topological polar surface area (TPSA) is 329 Å². The van der Waals surface area contributed by atoms with Gasteiger partial charge >= 0.3 is 88.7 Å². The van der Waals surface area contributed by atoms with Crippen LogP contribution in [0.4, 0.5) is 40.6 Å². The second-order valence-corrected chi connectivity index (χ2v) is 11.9. The molecule has 0 atom stereocenters. The summed E-state index contributed by atoms with van der Waals surface area (Å²) in [6, 6.07) is 8.81. The molecule has 1 heterocycles. The first-order chi connectivity index (χ1) is 25.9. The van der Waals surface area contributed by atoms with Crippen LogP contribution in [0, 0.1) is 0 Å². The second-order valence-electron chi connectivity index (χ2n) is 9.67. The molecule has 1 aromatic heterocycles. The van der Waals surface area contributed by atoms with E-state index >= 15 is 0 Å². The molecule has 0 saturated heterocycles. The number of rotatable bonds is 25. The molecule has 23 nitrogen and oxygen atoms in total. The molecule has 0 spiro atoms. The van der Waals surface area contributed by atoms with E-state index in [1.807, 2.05) is 0 Å². The number of ether oxygens (including phenoxy) is 2. The van der Waals surface area contributed by atoms with Crippen LogP contribution in [-0.2, 0) is 37.6 Å². The summed E-state index contributed by atoms with van der Waals surface area (Å²) in [4.78, 5) is 13.7. The quantitative estimate of drug-likeness (QED) is 0.00619. The van der Waals surface area contributed by atoms with Gasteiger partial charge in [-0.3, -0.25) is 15.1 Å². The summed E-state index contributed by atoms with van der Waals surface area (Å²) in [5.41, 5.74) is 6.74. The molecule has 0 bridgehead atoms. The summed E-state index contributed by atoms with van der Waals surface area (Å²) >= 11 is 1.49. The molecule has 0 unspecified atom stereocenters. The predicted octanol–water partition coefficient (Wildman–Crippen LogP) is -7.98. The number of phenolic OH excluding ortho intramolecular Hbond substituents is 1. The van der Waals surface area contributed by atoms with Gasteiger partial charge in [0, 0.05) is 23.7 Å². The molecule has 8 N–H and O–H groups in total. The van der Waals surface area contributed by atoms with E-state index in [1.54, 1.807) is 6.07 Å². The van der Waals surface area contributed by atoms with Crippen molar-refractivity contribution in [2.75, 3.05) is 74.4 Å². The minimum absolute atomic E-state index is 0. The number of aromatic hydroxyl groups is 1. The monoisotopic (exact) mass is 869 g/mol. The first-order valence-electron chi connectivity index (χ1n) is 14.8. The van der Waals surface area contributed by atoms with Crippen molar-refractivity contribution in [2.24, 2.45) is 10.2 Å². The van der Waals surface area contributed by atoms with Gasteiger partial charge in [0.25, 0.3) is 0 Å². The molecule has 0 fully saturated rings. The number of nitrogens with two attached hydrogens (primary N) is 1. The van der Waals surface area contributed by atoms with Crippen molar-refractivity contribution in [3.63, 3.8) is 0 Å². The van der Waals surface area contributed by atoms with Gasteiger partial charge in [-0.1, -0.05) is 0 Å². The summed E-state index contributed by atoms with van der Waals surface area (Å²) in [5.74, 6) is 0.150. The Hall–Kier alpha value is -0.940. The van der Waals surface area contributed by atoms with Gasteiger partial charge in [0.1, 0.15) is 17.1 Å². The number of nitrogen functional groups attached to an aromatic ring is 1. The van der Waals surface area contributed by atoms with Crippen molar-refractivity contribution in [1.29, 1.82) is 0 Å². The van der Waals surface area contributed by atoms with E-state index in [9.17, 15) is 20.9 Å². The van der Waals surface area contributed by atoms with Crippen LogP contribution in [0.1, 0.15) is 0 Å². The number of nitrogens with one attached hydrogen (secondary N) is 3. The minimum Gasteiger partial charge on any atom is -0.691 e. The Kier molecular flexibility index (Phi) is 28.6. The molecular weight excluding hydrogens is 840 g/mol. The SMILES string of the molecule is Nc1c(SOO[O-])cc2cc(SOO[O-])cc(O)c2c1N=Nc1ccc(Nc2nc(NCCOCCO)nc(NCCOCCO)n2)cc1SOO[O-].[Na+].[Na+].[Na+]. The van der Waals surface area contributed by atoms with Gasteiger partial charge < -0.3 is 62.2 Å². The summed E-state index contributed by atoms with van der Waals surface area (Å²) in [5, 5.41) is 88.6. The Balaban J connectivity index is 0.00000523. The van der Waals surface area contributed by atoms with Gasteiger partial charge in [-0.05, 0) is 41.8 Å². The van der Waals surface area contributed by atoms with E-state index in [1.165, 1.54) is 30.3 Å². The van der Waals surface area contributed by atoms with E-state index in [0.29, 0.717) is 60.3 Å². The molecule has 4 aromatic rings. The van der Waals surface area contributed by atoms with Crippen LogP contribution >= 0.6 is 36.1 Å². The van der Waals surface area contributed by atoms with Crippen molar-refractivity contribution in [3.8, 4) is 5.75 Å². The number of benzene rings is 3. The number of nitrogens with zero attached hydrogens (tertiary/aromatic N) is 5. The van der Waals surface area contributed by atoms with Crippen LogP contribution in [0.2, 0.25) is 0 Å². The number of fused-ring (bicyclic) bond motifs is 1. The first-order valence-corrected chi connectivity index (χ1v) is 17.1. The number of aromatic nitrogens is 3. The second kappa shape index (κ2) is 30.1. The third-order valence-corrected chi connectivity index (χ3v) is 8.09. The molecular formula is C27H30N9Na3O14S3. The number of hydrogen-bond acceptors (Lipinski definition) is 26. The molecule has 0 radical (unpaired) electrons. The summed E-state index contributed by atoms with van der Waals surface area (Å²) < 4.78 is 23.9. The van der Waals surface area contributed by atoms with Gasteiger partial charge in [-0.2, -0.15) is 28.0 Å². The fraction of sp³-hybridized carbons (Fsp3) is 0.296. The number of azo groups is 1. The van der Waals surface area contributed by atoms with E-state index < -0.39 is 0 Å². The maximum atomic E-state index is 10.9. The molecule has 0 aliphatic carbocycles. The van der Waals surface area contributed by atoms with Crippen LogP contribution < -0.4 is 126 Å². The zero-order chi connectivity index (χ0) is 37.8. The largest absolute Gasteiger partial charge is 1.00 e. The van der Waals surface area contributed by atoms with E-state index in [-0.39, 0.29) is 189 Å². The van der Waals surface area contributed by atoms with Crippen LogP contribution in [-0.4, -0.2) is 83.0 Å². The molecule has 29 heteroatoms. The van der Waals surface area contributed by atoms with Crippen LogP contribution in [0.25, 0.3) is 10.8 Å². The molecule has 4 rings (SSSR count). The van der Waals surface area contributed by atoms with Crippen LogP contribution in [0.5, 0.6) is 5.75 Å². The number of aliphatic hydroxyl groups excluding tert-OH is 2. The van der Waals surface area contributed by atoms with Crippen molar-refractivity contribution >= 4 is 87.5 Å². The van der Waals surface area contributed by atoms with E-state index in [4.69, 9.17) is 25.4 Å². The van der Waals surface area contributed by atoms with E-state index in [0.717, 1.165) is 0 Å². The summed E-state index contributed by atoms with van der Waals surface area (Å²) in [7, 11) is 0. The molecule has 0 amide bonds. The smallest absolute Gasteiger partial charge is 0.691 e. The summed E-state index contributed by atoms with van der Waals surface area (Å²) in [6.07, 6.45) is 0. The third-order valence-electron chi connectivity index (χ3n) is 6.27. The first kappa shape index (κ1) is 53.1. The van der Waals surface area contributed by atoms with Crippen molar-refractivity contribution in [1.82, 2.24) is 15.0 Å². The average molecular weight is 870 g/mol. The number of anilines is 5. The minimum atomic E-state index is -0.328. The number of hydrogen-bond donors (Lipinski definition) is 7. The maximum Gasteiger partial charge on any atom is 1.00 e. The third kappa shape index (κ3) is 17.3. The van der Waals surface area contributed by atoms with Gasteiger partial charge in [-0.25, -0.2) is 0 Å². The van der Waals surface area contributed by atoms with Gasteiger partial charge in [0.15, 0.2) is 0 Å². The van der Waals surface area contributed by atoms with E-state index in [2.05, 4.69) is 69.2 Å². The van der Waals surface area contributed by atoms with Gasteiger partial charge in [-0.15, -0.1) is 10.2 Å². The van der Waals surface area contributed by atoms with Crippen LogP contribution in [0.3, 0.4) is 0 Å². The molecule has 3 aromatic carbocycles. The van der Waals surface area contributed by atoms with Gasteiger partial charge in [0.2, 0.25) is 17.8 Å². The molecule has 288 valence electrons. The number of aliphatic hydroxyl groups is 2. The zero-order valence-corrected chi connectivity index (χ0v) is 38.4. The standard InChI is InChI=1S/C27H33N9O14S3.3Na/c28-23-21(53-50-47-42)12-15-11-17(51-48-45-40)14-19(39)22(15)24(23)36-35-18-2-1-16(13-20(18)52-49-46-41)31-27-33-25(29-3-7-43-9-5-37)32-26(34-27)30-4-8-44-10-6-38;;;/h1-2,11-14,37-42H,3-10,28H2,(H3,29,30,31,32,33,34);;;/q;3*+1/p-3. The molecule has 0 saturated carbocycles. The Morgan fingerprint density at radius 3 is 1.86 bits per heavy atom. The van der Waals surface area contributed by atoms with Crippen molar-refractivity contribution in [3.05, 3.63) is 36.4 Å². The van der Waals surface area contributed by atoms with Crippen molar-refractivity contribution in [2.45, 2.75) is 14.7 Å². The van der Waals surface area contributed by atoms with Crippen LogP contribution in [0.15, 0.2) is 61.3 Å². The maximum absolute atomic E-state index is 10.9. The predicted molar refractivity (Wildman–Crippen MR) is 181 cm³/mol. The Morgan fingerprint density at radius 1 is 0.696 bits per heavy atom. The Bertz CT molecular complexity index is 1770. The fourth-order valence-corrected chi connectivity index (χ4v) is 5.58. The molecule has 0 aliphatic rings. The number of phenols is 1. The normalized spacial score (nSPS) is 10.9. The fourth-order valence-electron chi connectivity index (χ4n) is 4.21. The molecule has 56 heavy (non-hydrogen) atoms. The molecule has 0 aliphatic heterocycles. The average Bonchev–Trinajstić information content (AvgIpc) is 3.15. The Labute approximate surface area is 397 Å².